The Hall–Kier alpha value is -3.87. The predicted octanol–water partition coefficient (Wildman–Crippen LogP) is 5.22. The molecule has 3 aliphatic rings. The van der Waals surface area contributed by atoms with Crippen LogP contribution in [0.1, 0.15) is 43.9 Å². The molecule has 0 radical (unpaired) electrons. The lowest BCUT2D eigenvalue weighted by atomic mass is 9.77. The Kier molecular flexibility index (Phi) is 8.66. The van der Waals surface area contributed by atoms with Gasteiger partial charge >= 0.3 is 6.01 Å². The molecule has 44 heavy (non-hydrogen) atoms. The summed E-state index contributed by atoms with van der Waals surface area (Å²) < 4.78 is 6.26. The van der Waals surface area contributed by atoms with Gasteiger partial charge in [0.25, 0.3) is 0 Å². The molecule has 9 nitrogen and oxygen atoms in total. The summed E-state index contributed by atoms with van der Waals surface area (Å²) in [5, 5.41) is 12.4. The number of aromatic nitrogens is 2. The number of hydrogen-bond donors (Lipinski definition) is 0. The van der Waals surface area contributed by atoms with Gasteiger partial charge in [-0.05, 0) is 63.2 Å². The molecule has 2 aliphatic heterocycles. The summed E-state index contributed by atoms with van der Waals surface area (Å²) in [6.45, 7) is 10.2. The van der Waals surface area contributed by atoms with Crippen LogP contribution < -0.4 is 14.5 Å². The summed E-state index contributed by atoms with van der Waals surface area (Å²) in [5.74, 6) is 0.695. The number of carbonyl (C=O) groups is 1. The molecular weight excluding hydrogens is 574 g/mol. The van der Waals surface area contributed by atoms with Crippen LogP contribution in [0.2, 0.25) is 5.02 Å². The van der Waals surface area contributed by atoms with E-state index in [0.717, 1.165) is 58.1 Å². The average Bonchev–Trinajstić information content (AvgIpc) is 3.02. The normalized spacial score (nSPS) is 19.3. The van der Waals surface area contributed by atoms with Gasteiger partial charge in [0.1, 0.15) is 12.4 Å². The molecule has 1 atom stereocenters. The first-order valence-electron chi connectivity index (χ1n) is 15.5. The van der Waals surface area contributed by atoms with E-state index < -0.39 is 0 Å². The summed E-state index contributed by atoms with van der Waals surface area (Å²) >= 11 is 6.71. The van der Waals surface area contributed by atoms with Crippen molar-refractivity contribution < 1.29 is 9.53 Å². The lowest BCUT2D eigenvalue weighted by Crippen LogP contribution is -2.55. The molecule has 1 aromatic heterocycles. The molecule has 1 saturated heterocycles. The number of nitriles is 1. The Morgan fingerprint density at radius 1 is 1.20 bits per heavy atom. The molecule has 230 valence electrons. The minimum absolute atomic E-state index is 0.146. The molecule has 0 N–H and O–H groups in total. The first-order valence-corrected chi connectivity index (χ1v) is 15.9. The van der Waals surface area contributed by atoms with E-state index in [9.17, 15) is 10.1 Å². The molecule has 3 aromatic rings. The molecule has 0 spiro atoms. The summed E-state index contributed by atoms with van der Waals surface area (Å²) in [6.07, 6.45) is 6.01. The highest BCUT2D eigenvalue weighted by molar-refractivity contribution is 6.36. The third-order valence-corrected chi connectivity index (χ3v) is 10.1. The molecule has 0 bridgehead atoms. The number of rotatable bonds is 9. The second-order valence-corrected chi connectivity index (χ2v) is 12.8. The Labute approximate surface area is 264 Å². The minimum Gasteiger partial charge on any atom is -0.462 e. The van der Waals surface area contributed by atoms with E-state index in [2.05, 4.69) is 65.6 Å². The van der Waals surface area contributed by atoms with Gasteiger partial charge in [0.2, 0.25) is 5.91 Å². The number of ether oxygens (including phenoxy) is 1. The second kappa shape index (κ2) is 12.6. The molecule has 3 heterocycles. The van der Waals surface area contributed by atoms with Crippen LogP contribution in [0.25, 0.3) is 10.8 Å². The molecular formula is C34H40ClN7O2. The van der Waals surface area contributed by atoms with Gasteiger partial charge < -0.3 is 19.4 Å². The maximum atomic E-state index is 12.6. The van der Waals surface area contributed by atoms with Crippen molar-refractivity contribution in [2.45, 2.75) is 57.2 Å². The number of halogens is 1. The Morgan fingerprint density at radius 2 is 2.00 bits per heavy atom. The van der Waals surface area contributed by atoms with Gasteiger partial charge in [-0.3, -0.25) is 9.69 Å². The number of hydrogen-bond acceptors (Lipinski definition) is 8. The summed E-state index contributed by atoms with van der Waals surface area (Å²) in [4.78, 5) is 31.2. The van der Waals surface area contributed by atoms with E-state index in [0.29, 0.717) is 38.8 Å². The number of fused-ring (bicyclic) bond motifs is 2. The molecule has 1 unspecified atom stereocenters. The van der Waals surface area contributed by atoms with E-state index in [-0.39, 0.29) is 23.9 Å². The van der Waals surface area contributed by atoms with E-state index in [1.54, 1.807) is 4.90 Å². The van der Waals surface area contributed by atoms with Crippen LogP contribution >= 0.6 is 11.6 Å². The summed E-state index contributed by atoms with van der Waals surface area (Å²) in [5.41, 5.74) is 3.35. The zero-order valence-electron chi connectivity index (χ0n) is 25.6. The van der Waals surface area contributed by atoms with Gasteiger partial charge in [0, 0.05) is 54.9 Å². The van der Waals surface area contributed by atoms with Crippen LogP contribution in [-0.4, -0.2) is 83.6 Å². The quantitative estimate of drug-likeness (QED) is 0.304. The fourth-order valence-corrected chi connectivity index (χ4v) is 7.09. The maximum absolute atomic E-state index is 12.6. The molecule has 1 saturated carbocycles. The van der Waals surface area contributed by atoms with Gasteiger partial charge in [0.15, 0.2) is 0 Å². The van der Waals surface area contributed by atoms with Gasteiger partial charge in [-0.25, -0.2) is 0 Å². The van der Waals surface area contributed by atoms with Crippen LogP contribution in [0.4, 0.5) is 11.5 Å². The van der Waals surface area contributed by atoms with Crippen molar-refractivity contribution >= 4 is 39.8 Å². The van der Waals surface area contributed by atoms with E-state index in [4.69, 9.17) is 26.3 Å². The van der Waals surface area contributed by atoms with E-state index in [1.165, 1.54) is 25.3 Å². The Morgan fingerprint density at radius 3 is 2.73 bits per heavy atom. The van der Waals surface area contributed by atoms with Gasteiger partial charge in [-0.15, -0.1) is 0 Å². The number of nitrogens with zero attached hydrogens (tertiary/aromatic N) is 7. The molecule has 2 fully saturated rings. The first-order chi connectivity index (χ1) is 21.3. The first kappa shape index (κ1) is 30.2. The van der Waals surface area contributed by atoms with Crippen molar-refractivity contribution in [3.8, 4) is 12.1 Å². The number of carbonyl (C=O) groups excluding carboxylic acids is 1. The lowest BCUT2D eigenvalue weighted by molar-refractivity contribution is -0.128. The van der Waals surface area contributed by atoms with Crippen molar-refractivity contribution in [1.29, 1.82) is 5.26 Å². The molecule has 1 amide bonds. The highest BCUT2D eigenvalue weighted by atomic mass is 35.5. The van der Waals surface area contributed by atoms with Gasteiger partial charge in [0.05, 0.1) is 35.8 Å². The monoisotopic (exact) mass is 613 g/mol. The van der Waals surface area contributed by atoms with Crippen LogP contribution in [0, 0.1) is 11.3 Å². The smallest absolute Gasteiger partial charge is 0.318 e. The Bertz CT molecular complexity index is 1600. The van der Waals surface area contributed by atoms with Gasteiger partial charge in [-0.2, -0.15) is 15.2 Å². The molecule has 1 aliphatic carbocycles. The van der Waals surface area contributed by atoms with Crippen molar-refractivity contribution in [3.05, 3.63) is 65.3 Å². The maximum Gasteiger partial charge on any atom is 0.318 e. The van der Waals surface area contributed by atoms with Crippen molar-refractivity contribution in [2.24, 2.45) is 0 Å². The summed E-state index contributed by atoms with van der Waals surface area (Å²) in [7, 11) is 2.16. The average molecular weight is 614 g/mol. The SMILES string of the molecule is C=CC(=O)N1CCN(c2nc(OCCN(C)C3(C)CCC3)nc3c2CCN(c2cccc4cccc(Cl)c24)C3)CC1CC#N. The fraction of sp³-hybridized carbons (Fsp3) is 0.471. The molecule has 6 rings (SSSR count). The number of piperazine rings is 1. The second-order valence-electron chi connectivity index (χ2n) is 12.4. The van der Waals surface area contributed by atoms with Crippen LogP contribution in [0.5, 0.6) is 6.01 Å². The van der Waals surface area contributed by atoms with Crippen LogP contribution in [-0.2, 0) is 17.8 Å². The van der Waals surface area contributed by atoms with E-state index in [1.807, 2.05) is 12.1 Å². The predicted molar refractivity (Wildman–Crippen MR) is 174 cm³/mol. The van der Waals surface area contributed by atoms with Crippen LogP contribution in [0.3, 0.4) is 0 Å². The number of likely N-dealkylation sites (N-methyl/N-ethyl adjacent to an activating group) is 1. The largest absolute Gasteiger partial charge is 0.462 e. The van der Waals surface area contributed by atoms with Crippen molar-refractivity contribution in [2.75, 3.05) is 56.2 Å². The van der Waals surface area contributed by atoms with Gasteiger partial charge in [-0.1, -0.05) is 42.4 Å². The lowest BCUT2D eigenvalue weighted by Gasteiger charge is -2.46. The van der Waals surface area contributed by atoms with Crippen molar-refractivity contribution in [1.82, 2.24) is 19.8 Å². The standard InChI is InChI=1S/C34H40ClN7O2/c1-4-30(43)42-19-18-41(22-25(42)12-16-36)32-26-13-17-40(29-11-6-9-24-8-5-10-27(35)31(24)29)23-28(26)37-33(38-32)44-21-20-39(3)34(2)14-7-15-34/h4-6,8-11,25H,1,7,12-15,17-23H2,2-3H3. The number of amides is 1. The third-order valence-electron chi connectivity index (χ3n) is 9.77. The molecule has 10 heteroatoms. The highest BCUT2D eigenvalue weighted by Crippen LogP contribution is 2.38. The Balaban J connectivity index is 1.31. The van der Waals surface area contributed by atoms with Crippen molar-refractivity contribution in [3.63, 3.8) is 0 Å². The third kappa shape index (κ3) is 5.81. The minimum atomic E-state index is -0.246. The zero-order valence-corrected chi connectivity index (χ0v) is 26.4. The van der Waals surface area contributed by atoms with E-state index >= 15 is 0 Å². The summed E-state index contributed by atoms with van der Waals surface area (Å²) in [6, 6.07) is 14.7. The zero-order chi connectivity index (χ0) is 30.8. The molecule has 2 aromatic carbocycles. The number of benzene rings is 2. The number of anilines is 2. The topological polar surface area (TPSA) is 88.8 Å². The van der Waals surface area contributed by atoms with Crippen LogP contribution in [0.15, 0.2) is 49.1 Å². The highest BCUT2D eigenvalue weighted by Gasteiger charge is 2.36. The fourth-order valence-electron chi connectivity index (χ4n) is 6.81.